The second kappa shape index (κ2) is 7.43. The Balaban J connectivity index is 1.57. The van der Waals surface area contributed by atoms with Crippen molar-refractivity contribution in [1.82, 2.24) is 0 Å². The Morgan fingerprint density at radius 3 is 2.21 bits per heavy atom. The number of aliphatic hydroxyl groups excluding tert-OH is 1. The fourth-order valence-electron chi connectivity index (χ4n) is 11.5. The van der Waals surface area contributed by atoms with E-state index in [-0.39, 0.29) is 39.6 Å². The van der Waals surface area contributed by atoms with E-state index < -0.39 is 11.4 Å². The smallest absolute Gasteiger partial charge is 0.309 e. The van der Waals surface area contributed by atoms with E-state index in [9.17, 15) is 19.8 Å². The molecule has 5 fully saturated rings. The van der Waals surface area contributed by atoms with E-state index in [0.717, 1.165) is 64.1 Å². The van der Waals surface area contributed by atoms with E-state index in [2.05, 4.69) is 41.2 Å². The number of hydrogen-bond donors (Lipinski definition) is 2. The van der Waals surface area contributed by atoms with Crippen LogP contribution in [0.4, 0.5) is 0 Å². The maximum Gasteiger partial charge on any atom is 0.309 e. The number of carboxylic acids is 1. The van der Waals surface area contributed by atoms with Crippen molar-refractivity contribution >= 4 is 12.3 Å². The van der Waals surface area contributed by atoms with Gasteiger partial charge in [0.25, 0.3) is 0 Å². The van der Waals surface area contributed by atoms with Crippen LogP contribution in [0.5, 0.6) is 0 Å². The van der Waals surface area contributed by atoms with E-state index in [1.54, 1.807) is 0 Å². The molecule has 5 aliphatic carbocycles. The number of aliphatic carboxylic acids is 1. The molecule has 0 radical (unpaired) electrons. The zero-order valence-corrected chi connectivity index (χ0v) is 22.0. The summed E-state index contributed by atoms with van der Waals surface area (Å²) in [6, 6.07) is 0. The van der Waals surface area contributed by atoms with Crippen molar-refractivity contribution in [2.75, 3.05) is 0 Å². The Bertz CT molecular complexity index is 907. The molecule has 4 nitrogen and oxygen atoms in total. The summed E-state index contributed by atoms with van der Waals surface area (Å²) in [6.07, 6.45) is 10.3. The highest BCUT2D eigenvalue weighted by molar-refractivity contribution is 5.78. The van der Waals surface area contributed by atoms with Gasteiger partial charge in [-0.15, -0.1) is 0 Å². The molecule has 2 unspecified atom stereocenters. The molecule has 0 saturated heterocycles. The Hall–Kier alpha value is -1.16. The van der Waals surface area contributed by atoms with Gasteiger partial charge in [-0.25, -0.2) is 0 Å². The summed E-state index contributed by atoms with van der Waals surface area (Å²) in [4.78, 5) is 24.5. The summed E-state index contributed by atoms with van der Waals surface area (Å²) in [6.45, 7) is 16.2. The van der Waals surface area contributed by atoms with E-state index in [4.69, 9.17) is 0 Å². The largest absolute Gasteiger partial charge is 0.481 e. The van der Waals surface area contributed by atoms with Gasteiger partial charge in [-0.2, -0.15) is 0 Å². The zero-order valence-electron chi connectivity index (χ0n) is 22.0. The molecule has 190 valence electrons. The number of rotatable bonds is 3. The molecule has 2 N–H and O–H groups in total. The van der Waals surface area contributed by atoms with Crippen LogP contribution < -0.4 is 0 Å². The van der Waals surface area contributed by atoms with Gasteiger partial charge in [0.05, 0.1) is 11.5 Å². The van der Waals surface area contributed by atoms with Gasteiger partial charge in [0.15, 0.2) is 0 Å². The lowest BCUT2D eigenvalue weighted by atomic mass is 9.32. The van der Waals surface area contributed by atoms with Crippen LogP contribution in [-0.2, 0) is 9.59 Å². The van der Waals surface area contributed by atoms with Gasteiger partial charge in [-0.1, -0.05) is 41.2 Å². The van der Waals surface area contributed by atoms with Crippen molar-refractivity contribution < 1.29 is 19.8 Å². The summed E-state index contributed by atoms with van der Waals surface area (Å²) >= 11 is 0. The van der Waals surface area contributed by atoms with Crippen molar-refractivity contribution in [3.8, 4) is 0 Å². The lowest BCUT2D eigenvalue weighted by Gasteiger charge is -2.72. The fraction of sp³-hybridized carbons (Fsp3) is 0.867. The Labute approximate surface area is 206 Å². The molecule has 0 aromatic rings. The third-order valence-corrected chi connectivity index (χ3v) is 13.5. The molecule has 4 heteroatoms. The fourth-order valence-corrected chi connectivity index (χ4v) is 11.5. The highest BCUT2D eigenvalue weighted by atomic mass is 16.4. The van der Waals surface area contributed by atoms with Crippen molar-refractivity contribution in [3.63, 3.8) is 0 Å². The first-order chi connectivity index (χ1) is 15.8. The van der Waals surface area contributed by atoms with E-state index >= 15 is 0 Å². The molecular formula is C30H46O4. The predicted octanol–water partition coefficient (Wildman–Crippen LogP) is 6.27. The molecule has 0 spiro atoms. The van der Waals surface area contributed by atoms with Crippen LogP contribution in [0.1, 0.15) is 98.8 Å². The summed E-state index contributed by atoms with van der Waals surface area (Å²) in [7, 11) is 0. The highest BCUT2D eigenvalue weighted by Gasteiger charge is 2.72. The van der Waals surface area contributed by atoms with Crippen molar-refractivity contribution in [1.29, 1.82) is 0 Å². The molecule has 0 amide bonds. The normalized spacial score (nSPS) is 53.6. The molecule has 0 heterocycles. The third kappa shape index (κ3) is 2.75. The molecule has 0 aliphatic heterocycles. The number of fused-ring (bicyclic) bond motifs is 7. The first-order valence-corrected chi connectivity index (χ1v) is 13.8. The van der Waals surface area contributed by atoms with Crippen LogP contribution in [0, 0.1) is 56.7 Å². The second-order valence-electron chi connectivity index (χ2n) is 14.4. The van der Waals surface area contributed by atoms with Crippen LogP contribution in [0.15, 0.2) is 12.2 Å². The Kier molecular flexibility index (Phi) is 5.36. The van der Waals surface area contributed by atoms with E-state index in [0.29, 0.717) is 29.7 Å². The lowest BCUT2D eigenvalue weighted by Crippen LogP contribution is -2.67. The predicted molar refractivity (Wildman–Crippen MR) is 133 cm³/mol. The minimum absolute atomic E-state index is 0.00839. The molecule has 34 heavy (non-hydrogen) atoms. The average Bonchev–Trinajstić information content (AvgIpc) is 3.18. The average molecular weight is 471 g/mol. The number of aliphatic hydroxyl groups is 1. The molecule has 5 rings (SSSR count). The van der Waals surface area contributed by atoms with E-state index in [1.165, 1.54) is 0 Å². The molecule has 0 aromatic carbocycles. The molecular weight excluding hydrogens is 424 g/mol. The monoisotopic (exact) mass is 470 g/mol. The number of carbonyl (C=O) groups excluding carboxylic acids is 1. The van der Waals surface area contributed by atoms with Gasteiger partial charge < -0.3 is 10.2 Å². The van der Waals surface area contributed by atoms with Crippen LogP contribution in [0.3, 0.4) is 0 Å². The topological polar surface area (TPSA) is 74.6 Å². The highest BCUT2D eigenvalue weighted by Crippen LogP contribution is 2.77. The second-order valence-corrected chi connectivity index (χ2v) is 14.4. The zero-order chi connectivity index (χ0) is 24.9. The molecule has 5 aliphatic rings. The Morgan fingerprint density at radius 2 is 1.56 bits per heavy atom. The van der Waals surface area contributed by atoms with E-state index in [1.807, 2.05) is 0 Å². The molecule has 0 aromatic heterocycles. The van der Waals surface area contributed by atoms with Crippen molar-refractivity contribution in [2.24, 2.45) is 56.7 Å². The number of hydrogen-bond acceptors (Lipinski definition) is 3. The standard InChI is InChI=1S/C30H46O4/c1-18(17-31)19-9-14-30(25(33)34)16-15-28(5)20(24(19)30)7-8-22-27(4)12-11-23(32)26(2,3)21(27)10-13-29(22,28)6/h17,19-24,32H,1,7-16H2,2-6H3,(H,33,34)/t19-,20+,21?,22+,23-,24?,27-,28+,29+,30-/m0/s1. The van der Waals surface area contributed by atoms with Crippen LogP contribution in [0.25, 0.3) is 0 Å². The first-order valence-electron chi connectivity index (χ1n) is 13.8. The molecule has 10 atom stereocenters. The van der Waals surface area contributed by atoms with Crippen LogP contribution in [-0.4, -0.2) is 28.6 Å². The quantitative estimate of drug-likeness (QED) is 0.377. The van der Waals surface area contributed by atoms with Gasteiger partial charge >= 0.3 is 5.97 Å². The van der Waals surface area contributed by atoms with Gasteiger partial charge in [-0.05, 0) is 121 Å². The van der Waals surface area contributed by atoms with Crippen molar-refractivity contribution in [2.45, 2.75) is 105 Å². The minimum Gasteiger partial charge on any atom is -0.481 e. The van der Waals surface area contributed by atoms with Crippen LogP contribution >= 0.6 is 0 Å². The van der Waals surface area contributed by atoms with Crippen molar-refractivity contribution in [3.05, 3.63) is 12.2 Å². The summed E-state index contributed by atoms with van der Waals surface area (Å²) < 4.78 is 0. The lowest BCUT2D eigenvalue weighted by molar-refractivity contribution is -0.248. The number of carboxylic acid groups (broad SMARTS) is 1. The number of carbonyl (C=O) groups is 2. The summed E-state index contributed by atoms with van der Waals surface area (Å²) in [5.74, 6) is 0.830. The Morgan fingerprint density at radius 1 is 0.853 bits per heavy atom. The maximum absolute atomic E-state index is 12.8. The van der Waals surface area contributed by atoms with Gasteiger partial charge in [0, 0.05) is 0 Å². The minimum atomic E-state index is -0.692. The van der Waals surface area contributed by atoms with Crippen LogP contribution in [0.2, 0.25) is 0 Å². The van der Waals surface area contributed by atoms with Gasteiger partial charge in [0.1, 0.15) is 6.29 Å². The SMILES string of the molecule is C=C(C=O)[C@@H]1CC[C@]2(C(=O)O)CC[C@]3(C)[C@H](CC[C@@H]4[C@@]5(C)CC[C@H](O)C(C)(C)C5CC[C@]43C)C12. The maximum atomic E-state index is 12.8. The summed E-state index contributed by atoms with van der Waals surface area (Å²) in [5.41, 5.74) is 0.298. The molecule has 0 bridgehead atoms. The molecule has 5 saturated carbocycles. The first kappa shape index (κ1) is 24.5. The van der Waals surface area contributed by atoms with Gasteiger partial charge in [-0.3, -0.25) is 9.59 Å². The van der Waals surface area contributed by atoms with Gasteiger partial charge in [0.2, 0.25) is 0 Å². The third-order valence-electron chi connectivity index (χ3n) is 13.5. The number of allylic oxidation sites excluding steroid dienone is 1. The number of aldehydes is 1. The summed E-state index contributed by atoms with van der Waals surface area (Å²) in [5, 5.41) is 21.4.